The van der Waals surface area contributed by atoms with E-state index in [0.717, 1.165) is 0 Å². The highest BCUT2D eigenvalue weighted by molar-refractivity contribution is 6.04. The molecule has 7 nitrogen and oxygen atoms in total. The lowest BCUT2D eigenvalue weighted by Crippen LogP contribution is -2.12. The van der Waals surface area contributed by atoms with E-state index in [1.54, 1.807) is 60.7 Å². The molecule has 4 aromatic rings. The normalized spacial score (nSPS) is 10.5. The summed E-state index contributed by atoms with van der Waals surface area (Å²) >= 11 is 0. The first-order valence-electron chi connectivity index (χ1n) is 9.23. The number of anilines is 1. The van der Waals surface area contributed by atoms with Crippen molar-refractivity contribution in [3.8, 4) is 22.8 Å². The van der Waals surface area contributed by atoms with Crippen LogP contribution in [0.15, 0.2) is 77.3 Å². The Morgan fingerprint density at radius 2 is 1.65 bits per heavy atom. The minimum Gasteiger partial charge on any atom is -0.465 e. The molecule has 0 unspecified atom stereocenters. The van der Waals surface area contributed by atoms with E-state index in [-0.39, 0.29) is 23.4 Å². The minimum atomic E-state index is -0.449. The first-order chi connectivity index (χ1) is 15.0. The number of halogens is 1. The minimum absolute atomic E-state index is 0.254. The van der Waals surface area contributed by atoms with E-state index < -0.39 is 5.97 Å². The number of hydrogen-bond donors (Lipinski definition) is 1. The summed E-state index contributed by atoms with van der Waals surface area (Å²) in [6, 6.07) is 18.9. The number of rotatable bonds is 5. The number of aromatic nitrogens is 2. The number of methoxy groups -OCH3 is 1. The van der Waals surface area contributed by atoms with E-state index >= 15 is 0 Å². The second-order valence-electron chi connectivity index (χ2n) is 6.53. The van der Waals surface area contributed by atoms with Crippen molar-refractivity contribution < 1.29 is 23.2 Å². The Labute approximate surface area is 176 Å². The number of benzene rings is 3. The third kappa shape index (κ3) is 4.48. The van der Waals surface area contributed by atoms with Gasteiger partial charge in [0, 0.05) is 22.4 Å². The Morgan fingerprint density at radius 3 is 2.32 bits per heavy atom. The smallest absolute Gasteiger partial charge is 0.337 e. The average molecular weight is 417 g/mol. The van der Waals surface area contributed by atoms with Gasteiger partial charge in [-0.05, 0) is 60.7 Å². The van der Waals surface area contributed by atoms with Crippen LogP contribution in [0.4, 0.5) is 10.1 Å². The highest BCUT2D eigenvalue weighted by Crippen LogP contribution is 2.23. The number of amides is 1. The van der Waals surface area contributed by atoms with Gasteiger partial charge in [-0.3, -0.25) is 4.79 Å². The predicted octanol–water partition coefficient (Wildman–Crippen LogP) is 4.58. The largest absolute Gasteiger partial charge is 0.465 e. The van der Waals surface area contributed by atoms with Crippen molar-refractivity contribution in [1.82, 2.24) is 10.1 Å². The lowest BCUT2D eigenvalue weighted by Gasteiger charge is -2.06. The summed E-state index contributed by atoms with van der Waals surface area (Å²) in [5.41, 5.74) is 2.48. The summed E-state index contributed by atoms with van der Waals surface area (Å²) in [5, 5.41) is 6.63. The van der Waals surface area contributed by atoms with Crippen molar-refractivity contribution >= 4 is 17.6 Å². The van der Waals surface area contributed by atoms with Crippen LogP contribution in [0.5, 0.6) is 0 Å². The molecule has 0 aliphatic rings. The number of esters is 1. The molecule has 1 aromatic heterocycles. The SMILES string of the molecule is COC(=O)c1ccc(NC(=O)c2ccc(-c3nc(-c4cccc(F)c4)no3)cc2)cc1. The zero-order valence-electron chi connectivity index (χ0n) is 16.3. The number of hydrogen-bond acceptors (Lipinski definition) is 6. The monoisotopic (exact) mass is 417 g/mol. The molecule has 1 heterocycles. The summed E-state index contributed by atoms with van der Waals surface area (Å²) in [6.07, 6.45) is 0. The maximum atomic E-state index is 13.4. The second-order valence-corrected chi connectivity index (χ2v) is 6.53. The van der Waals surface area contributed by atoms with Crippen molar-refractivity contribution in [2.45, 2.75) is 0 Å². The van der Waals surface area contributed by atoms with Gasteiger partial charge in [-0.2, -0.15) is 4.98 Å². The summed E-state index contributed by atoms with van der Waals surface area (Å²) in [6.45, 7) is 0. The van der Waals surface area contributed by atoms with Gasteiger partial charge in [0.2, 0.25) is 5.82 Å². The molecule has 31 heavy (non-hydrogen) atoms. The maximum absolute atomic E-state index is 13.4. The summed E-state index contributed by atoms with van der Waals surface area (Å²) in [4.78, 5) is 28.2. The number of carbonyl (C=O) groups excluding carboxylic acids is 2. The zero-order valence-corrected chi connectivity index (χ0v) is 16.3. The van der Waals surface area contributed by atoms with Crippen LogP contribution in [0.2, 0.25) is 0 Å². The van der Waals surface area contributed by atoms with Crippen LogP contribution in [0.3, 0.4) is 0 Å². The molecule has 0 spiro atoms. The van der Waals surface area contributed by atoms with Gasteiger partial charge >= 0.3 is 5.97 Å². The summed E-state index contributed by atoms with van der Waals surface area (Å²) < 4.78 is 23.3. The van der Waals surface area contributed by atoms with E-state index in [1.807, 2.05) is 0 Å². The first kappa shape index (κ1) is 20.0. The van der Waals surface area contributed by atoms with Crippen LogP contribution < -0.4 is 5.32 Å². The second kappa shape index (κ2) is 8.58. The number of nitrogens with zero attached hydrogens (tertiary/aromatic N) is 2. The van der Waals surface area contributed by atoms with E-state index in [9.17, 15) is 14.0 Å². The molecule has 0 saturated carbocycles. The molecular weight excluding hydrogens is 401 g/mol. The van der Waals surface area contributed by atoms with Gasteiger partial charge in [0.15, 0.2) is 0 Å². The van der Waals surface area contributed by atoms with E-state index in [4.69, 9.17) is 4.52 Å². The third-order valence-electron chi connectivity index (χ3n) is 4.47. The number of carbonyl (C=O) groups is 2. The average Bonchev–Trinajstić information content (AvgIpc) is 3.29. The Balaban J connectivity index is 1.46. The highest BCUT2D eigenvalue weighted by Gasteiger charge is 2.13. The quantitative estimate of drug-likeness (QED) is 0.478. The highest BCUT2D eigenvalue weighted by atomic mass is 19.1. The van der Waals surface area contributed by atoms with Crippen molar-refractivity contribution in [2.75, 3.05) is 12.4 Å². The van der Waals surface area contributed by atoms with E-state index in [0.29, 0.717) is 27.9 Å². The van der Waals surface area contributed by atoms with Crippen LogP contribution in [-0.4, -0.2) is 29.1 Å². The molecule has 154 valence electrons. The molecule has 0 atom stereocenters. The number of ether oxygens (including phenoxy) is 1. The number of nitrogens with one attached hydrogen (secondary N) is 1. The molecule has 0 bridgehead atoms. The van der Waals surface area contributed by atoms with Crippen molar-refractivity contribution in [2.24, 2.45) is 0 Å². The van der Waals surface area contributed by atoms with Gasteiger partial charge in [0.1, 0.15) is 5.82 Å². The van der Waals surface area contributed by atoms with Gasteiger partial charge in [-0.25, -0.2) is 9.18 Å². The van der Waals surface area contributed by atoms with Gasteiger partial charge in [0.25, 0.3) is 11.8 Å². The van der Waals surface area contributed by atoms with Crippen molar-refractivity contribution in [3.63, 3.8) is 0 Å². The lowest BCUT2D eigenvalue weighted by atomic mass is 10.1. The lowest BCUT2D eigenvalue weighted by molar-refractivity contribution is 0.0600. The maximum Gasteiger partial charge on any atom is 0.337 e. The van der Waals surface area contributed by atoms with Crippen LogP contribution in [0.25, 0.3) is 22.8 Å². The molecule has 0 aliphatic carbocycles. The van der Waals surface area contributed by atoms with Gasteiger partial charge < -0.3 is 14.6 Å². The topological polar surface area (TPSA) is 94.3 Å². The zero-order chi connectivity index (χ0) is 21.8. The fourth-order valence-corrected chi connectivity index (χ4v) is 2.86. The first-order valence-corrected chi connectivity index (χ1v) is 9.23. The van der Waals surface area contributed by atoms with E-state index in [1.165, 1.54) is 19.2 Å². The van der Waals surface area contributed by atoms with Gasteiger partial charge in [-0.1, -0.05) is 17.3 Å². The van der Waals surface area contributed by atoms with E-state index in [2.05, 4.69) is 20.2 Å². The molecule has 0 saturated heterocycles. The molecular formula is C23H16FN3O4. The van der Waals surface area contributed by atoms with Crippen LogP contribution >= 0.6 is 0 Å². The fourth-order valence-electron chi connectivity index (χ4n) is 2.86. The predicted molar refractivity (Wildman–Crippen MR) is 111 cm³/mol. The molecule has 0 fully saturated rings. The molecule has 0 radical (unpaired) electrons. The molecule has 8 heteroatoms. The molecule has 1 amide bonds. The molecule has 0 aliphatic heterocycles. The summed E-state index contributed by atoms with van der Waals surface area (Å²) in [7, 11) is 1.30. The molecule has 4 rings (SSSR count). The van der Waals surface area contributed by atoms with Crippen LogP contribution in [0.1, 0.15) is 20.7 Å². The van der Waals surface area contributed by atoms with Gasteiger partial charge in [0.05, 0.1) is 12.7 Å². The van der Waals surface area contributed by atoms with Crippen molar-refractivity contribution in [3.05, 3.63) is 89.7 Å². The molecule has 1 N–H and O–H groups in total. The Bertz CT molecular complexity index is 1230. The Hall–Kier alpha value is -4.33. The fraction of sp³-hybridized carbons (Fsp3) is 0.0435. The third-order valence-corrected chi connectivity index (χ3v) is 4.47. The van der Waals surface area contributed by atoms with Crippen LogP contribution in [0, 0.1) is 5.82 Å². The van der Waals surface area contributed by atoms with Crippen LogP contribution in [-0.2, 0) is 4.74 Å². The van der Waals surface area contributed by atoms with Gasteiger partial charge in [-0.15, -0.1) is 0 Å². The Morgan fingerprint density at radius 1 is 0.935 bits per heavy atom. The van der Waals surface area contributed by atoms with Crippen molar-refractivity contribution in [1.29, 1.82) is 0 Å². The summed E-state index contributed by atoms with van der Waals surface area (Å²) in [5.74, 6) is -0.631. The Kier molecular flexibility index (Phi) is 5.53. The molecule has 3 aromatic carbocycles. The standard InChI is InChI=1S/C23H16FN3O4/c1-30-23(29)16-9-11-19(12-10-16)25-21(28)14-5-7-15(8-6-14)22-26-20(27-31-22)17-3-2-4-18(24)13-17/h2-13H,1H3,(H,25,28).